The molecule has 10 atom stereocenters. The predicted octanol–water partition coefficient (Wildman–Crippen LogP) is -3.07. The molecule has 2 saturated heterocycles. The van der Waals surface area contributed by atoms with E-state index in [1.54, 1.807) is 0 Å². The summed E-state index contributed by atoms with van der Waals surface area (Å²) in [6, 6.07) is 6.29. The molecule has 17 heteroatoms. The predicted molar refractivity (Wildman–Crippen MR) is 142 cm³/mol. The monoisotopic (exact) mass is 626 g/mol. The molecule has 0 spiro atoms. The van der Waals surface area contributed by atoms with E-state index >= 15 is 0 Å². The highest BCUT2D eigenvalue weighted by molar-refractivity contribution is 5.95. The summed E-state index contributed by atoms with van der Waals surface area (Å²) in [5, 5.41) is 112. The molecule has 0 unspecified atom stereocenters. The molecule has 2 fully saturated rings. The number of ether oxygens (including phenoxy) is 4. The van der Waals surface area contributed by atoms with Crippen LogP contribution in [-0.2, 0) is 9.47 Å². The lowest BCUT2D eigenvalue weighted by atomic mass is 9.99. The summed E-state index contributed by atoms with van der Waals surface area (Å²) in [4.78, 5) is 13.3. The number of aliphatic hydroxyl groups is 8. The van der Waals surface area contributed by atoms with Gasteiger partial charge < -0.3 is 79.5 Å². The van der Waals surface area contributed by atoms with E-state index in [0.717, 1.165) is 6.07 Å². The van der Waals surface area contributed by atoms with Crippen LogP contribution in [-0.4, -0.2) is 131 Å². The number of aliphatic hydroxyl groups excluding tert-OH is 8. The zero-order chi connectivity index (χ0) is 32.0. The number of fused-ring (bicyclic) bond motifs is 1. The first-order valence-corrected chi connectivity index (χ1v) is 13.2. The van der Waals surface area contributed by atoms with Crippen molar-refractivity contribution in [2.75, 3.05) is 13.2 Å². The second-order valence-corrected chi connectivity index (χ2v) is 10.2. The molecular weight excluding hydrogens is 596 g/mol. The topological polar surface area (TPSA) is 290 Å². The van der Waals surface area contributed by atoms with Gasteiger partial charge in [-0.15, -0.1) is 0 Å². The fourth-order valence-electron chi connectivity index (χ4n) is 4.86. The second-order valence-electron chi connectivity index (χ2n) is 10.2. The fourth-order valence-corrected chi connectivity index (χ4v) is 4.86. The molecular formula is C27H30O17. The van der Waals surface area contributed by atoms with E-state index in [1.807, 2.05) is 0 Å². The van der Waals surface area contributed by atoms with Crippen LogP contribution in [0.5, 0.6) is 28.7 Å². The molecule has 0 aliphatic carbocycles. The summed E-state index contributed by atoms with van der Waals surface area (Å²) >= 11 is 0. The molecule has 2 aliphatic heterocycles. The minimum atomic E-state index is -2.01. The molecule has 11 N–H and O–H groups in total. The van der Waals surface area contributed by atoms with Crippen LogP contribution >= 0.6 is 0 Å². The number of rotatable bonds is 7. The van der Waals surface area contributed by atoms with Crippen molar-refractivity contribution >= 4 is 11.0 Å². The highest BCUT2D eigenvalue weighted by atomic mass is 16.7. The van der Waals surface area contributed by atoms with Gasteiger partial charge in [0, 0.05) is 11.6 Å². The Kier molecular flexibility index (Phi) is 8.87. The quantitative estimate of drug-likeness (QED) is 0.124. The number of phenolic OH excluding ortho intramolecular Hbond substituents is 3. The van der Waals surface area contributed by atoms with Gasteiger partial charge in [0.2, 0.25) is 29.8 Å². The van der Waals surface area contributed by atoms with Crippen LogP contribution in [0.3, 0.4) is 0 Å². The van der Waals surface area contributed by atoms with E-state index in [0.29, 0.717) is 0 Å². The van der Waals surface area contributed by atoms with E-state index in [9.17, 15) is 61.0 Å². The Bertz CT molecular complexity index is 1540. The molecule has 0 bridgehead atoms. The highest BCUT2D eigenvalue weighted by Crippen LogP contribution is 2.51. The summed E-state index contributed by atoms with van der Waals surface area (Å²) in [5.41, 5.74) is -1.33. The first kappa shape index (κ1) is 31.7. The average Bonchev–Trinajstić information content (AvgIpc) is 3.01. The van der Waals surface area contributed by atoms with Crippen LogP contribution in [0.15, 0.2) is 39.5 Å². The van der Waals surface area contributed by atoms with Crippen molar-refractivity contribution in [3.63, 3.8) is 0 Å². The van der Waals surface area contributed by atoms with Crippen LogP contribution in [0, 0.1) is 0 Å². The maximum atomic E-state index is 13.3. The van der Waals surface area contributed by atoms with Crippen LogP contribution in [0.25, 0.3) is 22.3 Å². The van der Waals surface area contributed by atoms with Crippen molar-refractivity contribution in [1.29, 1.82) is 0 Å². The van der Waals surface area contributed by atoms with Crippen molar-refractivity contribution in [3.05, 3.63) is 40.6 Å². The van der Waals surface area contributed by atoms with E-state index < -0.39 is 114 Å². The number of hydrogen-bond donors (Lipinski definition) is 11. The number of aromatic hydroxyl groups is 3. The van der Waals surface area contributed by atoms with Gasteiger partial charge in [0.1, 0.15) is 65.7 Å². The van der Waals surface area contributed by atoms with Gasteiger partial charge in [-0.3, -0.25) is 4.79 Å². The van der Waals surface area contributed by atoms with E-state index in [4.69, 9.17) is 23.4 Å². The smallest absolute Gasteiger partial charge is 0.229 e. The van der Waals surface area contributed by atoms with Gasteiger partial charge in [-0.1, -0.05) is 0 Å². The third-order valence-electron chi connectivity index (χ3n) is 7.35. The Labute approximate surface area is 246 Å². The Morgan fingerprint density at radius 3 is 1.66 bits per heavy atom. The van der Waals surface area contributed by atoms with Gasteiger partial charge in [-0.2, -0.15) is 0 Å². The van der Waals surface area contributed by atoms with Gasteiger partial charge in [0.05, 0.1) is 13.2 Å². The first-order chi connectivity index (χ1) is 20.9. The van der Waals surface area contributed by atoms with Crippen molar-refractivity contribution in [2.24, 2.45) is 0 Å². The molecule has 17 nitrogen and oxygen atoms in total. The fraction of sp³-hybridized carbons (Fsp3) is 0.444. The van der Waals surface area contributed by atoms with Crippen molar-refractivity contribution in [2.45, 2.75) is 61.4 Å². The zero-order valence-electron chi connectivity index (χ0n) is 22.4. The van der Waals surface area contributed by atoms with Crippen LogP contribution in [0.1, 0.15) is 0 Å². The second kappa shape index (κ2) is 12.3. The molecule has 44 heavy (non-hydrogen) atoms. The summed E-state index contributed by atoms with van der Waals surface area (Å²) in [7, 11) is 0. The summed E-state index contributed by atoms with van der Waals surface area (Å²) in [6.07, 6.45) is -18.2. The van der Waals surface area contributed by atoms with E-state index in [2.05, 4.69) is 0 Å². The third kappa shape index (κ3) is 5.50. The number of phenols is 3. The van der Waals surface area contributed by atoms with E-state index in [1.165, 1.54) is 24.3 Å². The van der Waals surface area contributed by atoms with Gasteiger partial charge in [-0.05, 0) is 24.3 Å². The lowest BCUT2D eigenvalue weighted by Crippen LogP contribution is -2.60. The minimum absolute atomic E-state index is 0.103. The van der Waals surface area contributed by atoms with Crippen LogP contribution in [0.4, 0.5) is 0 Å². The Balaban J connectivity index is 1.67. The molecule has 2 aromatic carbocycles. The largest absolute Gasteiger partial charge is 0.508 e. The van der Waals surface area contributed by atoms with Gasteiger partial charge in [0.15, 0.2) is 16.8 Å². The SMILES string of the molecule is O=c1cc(-c2ccc(O)cc2)oc2c(O[C@@H]3O[C@H](CO)[C@@H](O)[C@@H](O)[C@H]3O)c(O)c(O[C@@H]3O[C@H](CO)[C@@H](O)[C@@H](O)[C@H]3O)c(O)c12. The van der Waals surface area contributed by atoms with Crippen LogP contribution in [0.2, 0.25) is 0 Å². The average molecular weight is 627 g/mol. The van der Waals surface area contributed by atoms with Gasteiger partial charge in [-0.25, -0.2) is 0 Å². The third-order valence-corrected chi connectivity index (χ3v) is 7.35. The lowest BCUT2D eigenvalue weighted by molar-refractivity contribution is -0.279. The molecule has 0 amide bonds. The molecule has 2 aliphatic rings. The van der Waals surface area contributed by atoms with E-state index in [-0.39, 0.29) is 17.1 Å². The molecule has 5 rings (SSSR count). The summed E-state index contributed by atoms with van der Waals surface area (Å²) < 4.78 is 27.5. The molecule has 240 valence electrons. The normalized spacial score (nSPS) is 32.5. The number of benzene rings is 2. The maximum Gasteiger partial charge on any atom is 0.229 e. The standard InChI is InChI=1S/C27H30O17/c28-6-12-15(32)18(35)20(37)26(41-12)43-24-17(34)14-10(31)5-11(8-1-3-9(30)4-2-8)40-23(14)25(22(24)39)44-27-21(38)19(36)16(33)13(7-29)42-27/h1-5,12-13,15-16,18-21,26-30,32-39H,6-7H2/t12-,13-,15-,16-,18-,19-,20-,21-,26+,27+/m1/s1. The Morgan fingerprint density at radius 1 is 0.659 bits per heavy atom. The summed E-state index contributed by atoms with van der Waals surface area (Å²) in [5.74, 6) is -4.28. The van der Waals surface area contributed by atoms with Gasteiger partial charge in [0.25, 0.3) is 0 Å². The molecule has 1 aromatic heterocycles. The molecule has 3 heterocycles. The van der Waals surface area contributed by atoms with Crippen LogP contribution < -0.4 is 14.9 Å². The molecule has 3 aromatic rings. The molecule has 0 radical (unpaired) electrons. The highest BCUT2D eigenvalue weighted by Gasteiger charge is 2.47. The Morgan fingerprint density at radius 2 is 1.16 bits per heavy atom. The molecule has 0 saturated carbocycles. The van der Waals surface area contributed by atoms with Gasteiger partial charge >= 0.3 is 0 Å². The lowest BCUT2D eigenvalue weighted by Gasteiger charge is -2.40. The maximum absolute atomic E-state index is 13.3. The van der Waals surface area contributed by atoms with Crippen molar-refractivity contribution in [3.8, 4) is 40.1 Å². The summed E-state index contributed by atoms with van der Waals surface area (Å²) in [6.45, 7) is -1.67. The first-order valence-electron chi connectivity index (χ1n) is 13.2. The number of hydrogen-bond acceptors (Lipinski definition) is 17. The van der Waals surface area contributed by atoms with Crippen molar-refractivity contribution in [1.82, 2.24) is 0 Å². The van der Waals surface area contributed by atoms with Crippen molar-refractivity contribution < 1.29 is 79.5 Å². The Hall–Kier alpha value is -3.75. The minimum Gasteiger partial charge on any atom is -0.508 e. The zero-order valence-corrected chi connectivity index (χ0v) is 22.4.